The monoisotopic (exact) mass is 391 g/mol. The van der Waals surface area contributed by atoms with Gasteiger partial charge in [-0.25, -0.2) is 0 Å². The SMILES string of the molecule is CC(C)n1ncc2ccc(NC(=O)CCc3ccc(Br)s3)cc21. The van der Waals surface area contributed by atoms with E-state index in [4.69, 9.17) is 0 Å². The second-order valence-corrected chi connectivity index (χ2v) is 8.26. The fourth-order valence-corrected chi connectivity index (χ4v) is 3.96. The molecule has 0 unspecified atom stereocenters. The molecule has 0 bridgehead atoms. The van der Waals surface area contributed by atoms with E-state index in [1.807, 2.05) is 35.1 Å². The molecule has 0 saturated heterocycles. The minimum absolute atomic E-state index is 0.0319. The number of amides is 1. The highest BCUT2D eigenvalue weighted by molar-refractivity contribution is 9.11. The number of benzene rings is 1. The molecule has 0 atom stereocenters. The summed E-state index contributed by atoms with van der Waals surface area (Å²) in [6.45, 7) is 4.19. The molecule has 3 rings (SSSR count). The van der Waals surface area contributed by atoms with Gasteiger partial charge in [0, 0.05) is 28.4 Å². The summed E-state index contributed by atoms with van der Waals surface area (Å²) < 4.78 is 3.06. The van der Waals surface area contributed by atoms with Crippen LogP contribution in [0, 0.1) is 0 Å². The van der Waals surface area contributed by atoms with Crippen molar-refractivity contribution in [3.05, 3.63) is 45.2 Å². The van der Waals surface area contributed by atoms with Crippen LogP contribution in [0.15, 0.2) is 40.3 Å². The Hall–Kier alpha value is -1.66. The van der Waals surface area contributed by atoms with Crippen LogP contribution < -0.4 is 5.32 Å². The number of anilines is 1. The van der Waals surface area contributed by atoms with Crippen molar-refractivity contribution in [3.63, 3.8) is 0 Å². The topological polar surface area (TPSA) is 46.9 Å². The lowest BCUT2D eigenvalue weighted by atomic mass is 10.2. The molecule has 2 aromatic heterocycles. The first-order chi connectivity index (χ1) is 11.0. The molecule has 0 aliphatic carbocycles. The summed E-state index contributed by atoms with van der Waals surface area (Å²) in [7, 11) is 0. The lowest BCUT2D eigenvalue weighted by molar-refractivity contribution is -0.116. The molecule has 0 fully saturated rings. The number of nitrogens with one attached hydrogen (secondary N) is 1. The van der Waals surface area contributed by atoms with Crippen LogP contribution in [0.1, 0.15) is 31.2 Å². The van der Waals surface area contributed by atoms with E-state index in [0.717, 1.165) is 26.8 Å². The van der Waals surface area contributed by atoms with Gasteiger partial charge in [0.1, 0.15) is 0 Å². The molecule has 4 nitrogen and oxygen atoms in total. The molecule has 0 spiro atoms. The van der Waals surface area contributed by atoms with Crippen molar-refractivity contribution in [2.45, 2.75) is 32.7 Å². The zero-order valence-corrected chi connectivity index (χ0v) is 15.4. The molecular weight excluding hydrogens is 374 g/mol. The minimum Gasteiger partial charge on any atom is -0.326 e. The van der Waals surface area contributed by atoms with Crippen molar-refractivity contribution in [1.82, 2.24) is 9.78 Å². The van der Waals surface area contributed by atoms with Crippen LogP contribution >= 0.6 is 27.3 Å². The van der Waals surface area contributed by atoms with Gasteiger partial charge in [-0.2, -0.15) is 5.10 Å². The van der Waals surface area contributed by atoms with Gasteiger partial charge in [0.2, 0.25) is 5.91 Å². The van der Waals surface area contributed by atoms with Crippen LogP contribution in [-0.4, -0.2) is 15.7 Å². The van der Waals surface area contributed by atoms with E-state index in [1.165, 1.54) is 4.88 Å². The molecule has 1 N–H and O–H groups in total. The number of carbonyl (C=O) groups is 1. The van der Waals surface area contributed by atoms with Crippen LogP contribution in [0.5, 0.6) is 0 Å². The summed E-state index contributed by atoms with van der Waals surface area (Å²) in [5.41, 5.74) is 1.86. The Balaban J connectivity index is 1.68. The van der Waals surface area contributed by atoms with Crippen molar-refractivity contribution >= 4 is 49.8 Å². The number of hydrogen-bond acceptors (Lipinski definition) is 3. The van der Waals surface area contributed by atoms with Gasteiger partial charge in [0.25, 0.3) is 0 Å². The average molecular weight is 392 g/mol. The van der Waals surface area contributed by atoms with E-state index >= 15 is 0 Å². The maximum atomic E-state index is 12.1. The molecule has 1 aromatic carbocycles. The van der Waals surface area contributed by atoms with E-state index < -0.39 is 0 Å². The lowest BCUT2D eigenvalue weighted by Gasteiger charge is -2.09. The Kier molecular flexibility index (Phi) is 4.82. The first-order valence-corrected chi connectivity index (χ1v) is 9.15. The highest BCUT2D eigenvalue weighted by Crippen LogP contribution is 2.24. The Morgan fingerprint density at radius 1 is 1.35 bits per heavy atom. The maximum absolute atomic E-state index is 12.1. The Morgan fingerprint density at radius 2 is 2.17 bits per heavy atom. The summed E-state index contributed by atoms with van der Waals surface area (Å²) in [4.78, 5) is 13.4. The van der Waals surface area contributed by atoms with Gasteiger partial charge >= 0.3 is 0 Å². The number of aromatic nitrogens is 2. The van der Waals surface area contributed by atoms with Crippen molar-refractivity contribution in [2.24, 2.45) is 0 Å². The number of aryl methyl sites for hydroxylation is 1. The largest absolute Gasteiger partial charge is 0.326 e. The van der Waals surface area contributed by atoms with E-state index in [1.54, 1.807) is 11.3 Å². The first-order valence-electron chi connectivity index (χ1n) is 7.54. The molecular formula is C17H18BrN3OS. The maximum Gasteiger partial charge on any atom is 0.224 e. The first kappa shape index (κ1) is 16.2. The summed E-state index contributed by atoms with van der Waals surface area (Å²) in [6.07, 6.45) is 3.10. The highest BCUT2D eigenvalue weighted by atomic mass is 79.9. The van der Waals surface area contributed by atoms with Crippen molar-refractivity contribution in [2.75, 3.05) is 5.32 Å². The van der Waals surface area contributed by atoms with E-state index in [0.29, 0.717) is 6.42 Å². The fraction of sp³-hybridized carbons (Fsp3) is 0.294. The van der Waals surface area contributed by atoms with Crippen LogP contribution in [0.2, 0.25) is 0 Å². The number of thiophene rings is 1. The van der Waals surface area contributed by atoms with Crippen LogP contribution in [0.3, 0.4) is 0 Å². The van der Waals surface area contributed by atoms with E-state index in [2.05, 4.69) is 46.3 Å². The normalized spacial score (nSPS) is 11.3. The Labute approximate surface area is 147 Å². The molecule has 0 aliphatic rings. The van der Waals surface area contributed by atoms with Crippen LogP contribution in [0.25, 0.3) is 10.9 Å². The van der Waals surface area contributed by atoms with Crippen molar-refractivity contribution < 1.29 is 4.79 Å². The van der Waals surface area contributed by atoms with Crippen LogP contribution in [0.4, 0.5) is 5.69 Å². The van der Waals surface area contributed by atoms with Gasteiger partial charge in [0.05, 0.1) is 15.5 Å². The van der Waals surface area contributed by atoms with Crippen molar-refractivity contribution in [1.29, 1.82) is 0 Å². The Morgan fingerprint density at radius 3 is 2.87 bits per heavy atom. The van der Waals surface area contributed by atoms with Gasteiger partial charge in [-0.1, -0.05) is 0 Å². The molecule has 0 aliphatic heterocycles. The summed E-state index contributed by atoms with van der Waals surface area (Å²) in [5.74, 6) is 0.0319. The average Bonchev–Trinajstić information content (AvgIpc) is 3.11. The number of hydrogen-bond donors (Lipinski definition) is 1. The number of carbonyl (C=O) groups excluding carboxylic acids is 1. The number of fused-ring (bicyclic) bond motifs is 1. The predicted molar refractivity (Wildman–Crippen MR) is 99.1 cm³/mol. The minimum atomic E-state index is 0.0319. The molecule has 120 valence electrons. The fourth-order valence-electron chi connectivity index (χ4n) is 2.47. The third-order valence-electron chi connectivity index (χ3n) is 3.60. The van der Waals surface area contributed by atoms with E-state index in [9.17, 15) is 4.79 Å². The standard InChI is InChI=1S/C17H18BrN3OS/c1-11(2)21-15-9-13(4-3-12(15)10-19-21)20-17(22)8-6-14-5-7-16(18)23-14/h3-5,7,9-11H,6,8H2,1-2H3,(H,20,22). The Bertz CT molecular complexity index is 837. The van der Waals surface area contributed by atoms with Gasteiger partial charge in [0.15, 0.2) is 0 Å². The quantitative estimate of drug-likeness (QED) is 0.663. The second kappa shape index (κ2) is 6.84. The lowest BCUT2D eigenvalue weighted by Crippen LogP contribution is -2.12. The molecule has 0 radical (unpaired) electrons. The van der Waals surface area contributed by atoms with Crippen molar-refractivity contribution in [3.8, 4) is 0 Å². The smallest absolute Gasteiger partial charge is 0.224 e. The second-order valence-electron chi connectivity index (χ2n) is 5.71. The number of halogens is 1. The zero-order valence-electron chi connectivity index (χ0n) is 13.0. The van der Waals surface area contributed by atoms with Gasteiger partial charge in [-0.3, -0.25) is 9.48 Å². The predicted octanol–water partition coefficient (Wildman–Crippen LogP) is 5.01. The van der Waals surface area contributed by atoms with E-state index in [-0.39, 0.29) is 11.9 Å². The third-order valence-corrected chi connectivity index (χ3v) is 5.28. The highest BCUT2D eigenvalue weighted by Gasteiger charge is 2.09. The third kappa shape index (κ3) is 3.82. The van der Waals surface area contributed by atoms with Crippen LogP contribution in [-0.2, 0) is 11.2 Å². The van der Waals surface area contributed by atoms with Gasteiger partial charge < -0.3 is 5.32 Å². The summed E-state index contributed by atoms with van der Waals surface area (Å²) in [6, 6.07) is 10.3. The van der Waals surface area contributed by atoms with Gasteiger partial charge in [-0.15, -0.1) is 11.3 Å². The molecule has 6 heteroatoms. The summed E-state index contributed by atoms with van der Waals surface area (Å²) in [5, 5.41) is 8.46. The molecule has 1 amide bonds. The number of nitrogens with zero attached hydrogens (tertiary/aromatic N) is 2. The molecule has 0 saturated carbocycles. The number of rotatable bonds is 5. The summed E-state index contributed by atoms with van der Waals surface area (Å²) >= 11 is 5.11. The van der Waals surface area contributed by atoms with Gasteiger partial charge in [-0.05, 0) is 66.5 Å². The zero-order chi connectivity index (χ0) is 16.4. The molecule has 3 aromatic rings. The molecule has 2 heterocycles. The molecule has 23 heavy (non-hydrogen) atoms.